The summed E-state index contributed by atoms with van der Waals surface area (Å²) in [4.78, 5) is 4.45. The number of anilines is 1. The average molecular weight is 360 g/mol. The molecule has 2 aliphatic heterocycles. The van der Waals surface area contributed by atoms with E-state index < -0.39 is 5.60 Å². The molecule has 1 aromatic carbocycles. The summed E-state index contributed by atoms with van der Waals surface area (Å²) in [5.74, 6) is 0. The Morgan fingerprint density at radius 1 is 1.12 bits per heavy atom. The van der Waals surface area contributed by atoms with E-state index in [0.29, 0.717) is 26.3 Å². The lowest BCUT2D eigenvalue weighted by molar-refractivity contribution is -0.0439. The second-order valence-electron chi connectivity index (χ2n) is 6.94. The van der Waals surface area contributed by atoms with Crippen molar-refractivity contribution < 1.29 is 9.84 Å². The summed E-state index contributed by atoms with van der Waals surface area (Å²) in [5, 5.41) is 21.6. The zero-order valence-electron chi connectivity index (χ0n) is 14.3. The van der Waals surface area contributed by atoms with Crippen LogP contribution < -0.4 is 4.90 Å². The molecular formula is C18H24N4O2S. The van der Waals surface area contributed by atoms with Gasteiger partial charge in [0.15, 0.2) is 0 Å². The molecular weight excluding hydrogens is 336 g/mol. The van der Waals surface area contributed by atoms with Crippen molar-refractivity contribution in [2.45, 2.75) is 18.4 Å². The van der Waals surface area contributed by atoms with Gasteiger partial charge in [-0.2, -0.15) is 0 Å². The highest BCUT2D eigenvalue weighted by Crippen LogP contribution is 2.30. The van der Waals surface area contributed by atoms with Crippen molar-refractivity contribution in [2.75, 3.05) is 50.8 Å². The molecule has 3 heterocycles. The normalized spacial score (nSPS) is 25.2. The Labute approximate surface area is 152 Å². The lowest BCUT2D eigenvalue weighted by atomic mass is 10.0. The molecule has 4 rings (SSSR count). The first-order valence-corrected chi connectivity index (χ1v) is 9.70. The SMILES string of the molecule is OC1(CN2CCCC2)COCCN(c2nnc(-c3ccccc3)s2)C1. The molecule has 1 unspecified atom stereocenters. The molecule has 1 atom stereocenters. The lowest BCUT2D eigenvalue weighted by Gasteiger charge is -2.33. The van der Waals surface area contributed by atoms with Crippen molar-refractivity contribution in [3.63, 3.8) is 0 Å². The predicted molar refractivity (Wildman–Crippen MR) is 99.0 cm³/mol. The highest BCUT2D eigenvalue weighted by Gasteiger charge is 2.36. The summed E-state index contributed by atoms with van der Waals surface area (Å²) >= 11 is 1.57. The highest BCUT2D eigenvalue weighted by molar-refractivity contribution is 7.18. The molecule has 25 heavy (non-hydrogen) atoms. The van der Waals surface area contributed by atoms with Crippen molar-refractivity contribution in [3.05, 3.63) is 30.3 Å². The molecule has 6 nitrogen and oxygen atoms in total. The van der Waals surface area contributed by atoms with E-state index in [1.165, 1.54) is 12.8 Å². The van der Waals surface area contributed by atoms with Gasteiger partial charge in [0.1, 0.15) is 10.6 Å². The Kier molecular flexibility index (Phi) is 4.98. The van der Waals surface area contributed by atoms with E-state index in [1.807, 2.05) is 30.3 Å². The van der Waals surface area contributed by atoms with E-state index in [1.54, 1.807) is 11.3 Å². The van der Waals surface area contributed by atoms with Gasteiger partial charge in [0.25, 0.3) is 0 Å². The van der Waals surface area contributed by atoms with Gasteiger partial charge in [-0.25, -0.2) is 0 Å². The standard InChI is InChI=1S/C18H24N4O2S/c23-18(12-21-8-4-5-9-21)13-22(10-11-24-14-18)17-20-19-16(25-17)15-6-2-1-3-7-15/h1-3,6-7,23H,4-5,8-14H2. The molecule has 7 heteroatoms. The van der Waals surface area contributed by atoms with Crippen LogP contribution in [-0.2, 0) is 4.74 Å². The molecule has 0 bridgehead atoms. The number of nitrogens with zero attached hydrogens (tertiary/aromatic N) is 4. The van der Waals surface area contributed by atoms with Crippen molar-refractivity contribution in [2.24, 2.45) is 0 Å². The summed E-state index contributed by atoms with van der Waals surface area (Å²) in [6.07, 6.45) is 2.44. The van der Waals surface area contributed by atoms with E-state index in [9.17, 15) is 5.11 Å². The third kappa shape index (κ3) is 4.00. The summed E-state index contributed by atoms with van der Waals surface area (Å²) in [7, 11) is 0. The zero-order chi connectivity index (χ0) is 17.1. The number of ether oxygens (including phenoxy) is 1. The fourth-order valence-electron chi connectivity index (χ4n) is 3.57. The third-order valence-corrected chi connectivity index (χ3v) is 5.82. The van der Waals surface area contributed by atoms with Crippen molar-refractivity contribution >= 4 is 16.5 Å². The number of likely N-dealkylation sites (tertiary alicyclic amines) is 1. The maximum Gasteiger partial charge on any atom is 0.208 e. The third-order valence-electron chi connectivity index (χ3n) is 4.78. The summed E-state index contributed by atoms with van der Waals surface area (Å²) in [6, 6.07) is 10.1. The van der Waals surface area contributed by atoms with E-state index in [-0.39, 0.29) is 0 Å². The Morgan fingerprint density at radius 3 is 2.72 bits per heavy atom. The summed E-state index contributed by atoms with van der Waals surface area (Å²) < 4.78 is 5.70. The predicted octanol–water partition coefficient (Wildman–Crippen LogP) is 1.87. The van der Waals surface area contributed by atoms with Crippen LogP contribution in [0.25, 0.3) is 10.6 Å². The molecule has 2 aliphatic rings. The van der Waals surface area contributed by atoms with Gasteiger partial charge in [-0.05, 0) is 25.9 Å². The quantitative estimate of drug-likeness (QED) is 0.898. The highest BCUT2D eigenvalue weighted by atomic mass is 32.1. The number of hydrogen-bond acceptors (Lipinski definition) is 7. The molecule has 0 spiro atoms. The number of benzene rings is 1. The van der Waals surface area contributed by atoms with E-state index in [2.05, 4.69) is 20.0 Å². The van der Waals surface area contributed by atoms with Gasteiger partial charge in [0.2, 0.25) is 5.13 Å². The van der Waals surface area contributed by atoms with Crippen LogP contribution in [0, 0.1) is 0 Å². The molecule has 0 amide bonds. The van der Waals surface area contributed by atoms with Crippen LogP contribution in [0.1, 0.15) is 12.8 Å². The molecule has 2 saturated heterocycles. The second kappa shape index (κ2) is 7.37. The number of aliphatic hydroxyl groups is 1. The van der Waals surface area contributed by atoms with Crippen molar-refractivity contribution in [1.82, 2.24) is 15.1 Å². The Balaban J connectivity index is 1.50. The van der Waals surface area contributed by atoms with Gasteiger partial charge >= 0.3 is 0 Å². The van der Waals surface area contributed by atoms with Crippen LogP contribution in [0.3, 0.4) is 0 Å². The van der Waals surface area contributed by atoms with Crippen molar-refractivity contribution in [3.8, 4) is 10.6 Å². The van der Waals surface area contributed by atoms with Gasteiger partial charge < -0.3 is 19.6 Å². The van der Waals surface area contributed by atoms with Crippen LogP contribution in [0.2, 0.25) is 0 Å². The second-order valence-corrected chi connectivity index (χ2v) is 7.89. The molecule has 2 fully saturated rings. The molecule has 1 N–H and O–H groups in total. The minimum Gasteiger partial charge on any atom is -0.384 e. The molecule has 134 valence electrons. The first kappa shape index (κ1) is 16.9. The Bertz CT molecular complexity index is 689. The van der Waals surface area contributed by atoms with Crippen molar-refractivity contribution in [1.29, 1.82) is 0 Å². The molecule has 0 radical (unpaired) electrons. The fraction of sp³-hybridized carbons (Fsp3) is 0.556. The number of hydrogen-bond donors (Lipinski definition) is 1. The summed E-state index contributed by atoms with van der Waals surface area (Å²) in [5.41, 5.74) is 0.212. The number of rotatable bonds is 4. The van der Waals surface area contributed by atoms with Crippen LogP contribution in [0.15, 0.2) is 30.3 Å². The molecule has 0 aliphatic carbocycles. The lowest BCUT2D eigenvalue weighted by Crippen LogP contribution is -2.52. The topological polar surface area (TPSA) is 61.7 Å². The van der Waals surface area contributed by atoms with Gasteiger partial charge in [0, 0.05) is 18.7 Å². The first-order chi connectivity index (χ1) is 12.2. The minimum absolute atomic E-state index is 0.379. The van der Waals surface area contributed by atoms with Crippen LogP contribution in [-0.4, -0.2) is 71.7 Å². The van der Waals surface area contributed by atoms with Crippen LogP contribution in [0.5, 0.6) is 0 Å². The Morgan fingerprint density at radius 2 is 1.92 bits per heavy atom. The van der Waals surface area contributed by atoms with Crippen LogP contribution in [0.4, 0.5) is 5.13 Å². The van der Waals surface area contributed by atoms with Gasteiger partial charge in [-0.1, -0.05) is 41.7 Å². The number of β-amino-alcohol motifs (C(OH)–C–C–N with tert-alkyl or cyclic N) is 1. The summed E-state index contributed by atoms with van der Waals surface area (Å²) in [6.45, 7) is 5.04. The molecule has 0 saturated carbocycles. The average Bonchev–Trinajstić information content (AvgIpc) is 3.27. The zero-order valence-corrected chi connectivity index (χ0v) is 15.1. The molecule has 2 aromatic rings. The van der Waals surface area contributed by atoms with E-state index >= 15 is 0 Å². The maximum atomic E-state index is 11.1. The van der Waals surface area contributed by atoms with Crippen LogP contribution >= 0.6 is 11.3 Å². The monoisotopic (exact) mass is 360 g/mol. The van der Waals surface area contributed by atoms with Gasteiger partial charge in [-0.3, -0.25) is 0 Å². The Hall–Kier alpha value is -1.54. The smallest absolute Gasteiger partial charge is 0.208 e. The molecule has 1 aromatic heterocycles. The first-order valence-electron chi connectivity index (χ1n) is 8.88. The maximum absolute atomic E-state index is 11.1. The fourth-order valence-corrected chi connectivity index (χ4v) is 4.45. The van der Waals surface area contributed by atoms with E-state index in [4.69, 9.17) is 4.74 Å². The minimum atomic E-state index is -0.862. The largest absolute Gasteiger partial charge is 0.384 e. The number of aromatic nitrogens is 2. The van der Waals surface area contributed by atoms with E-state index in [0.717, 1.165) is 35.3 Å². The van der Waals surface area contributed by atoms with Gasteiger partial charge in [0.05, 0.1) is 19.8 Å². The van der Waals surface area contributed by atoms with Gasteiger partial charge in [-0.15, -0.1) is 10.2 Å².